The van der Waals surface area contributed by atoms with E-state index in [1.807, 2.05) is 13.8 Å². The van der Waals surface area contributed by atoms with Gasteiger partial charge in [0.15, 0.2) is 0 Å². The highest BCUT2D eigenvalue weighted by atomic mass is 16.2. The summed E-state index contributed by atoms with van der Waals surface area (Å²) in [5.41, 5.74) is -0.382. The van der Waals surface area contributed by atoms with Gasteiger partial charge in [-0.3, -0.25) is 4.79 Å². The van der Waals surface area contributed by atoms with E-state index >= 15 is 0 Å². The molecule has 1 amide bonds. The second-order valence-corrected chi connectivity index (χ2v) is 6.40. The molecule has 3 heteroatoms. The molecule has 2 aliphatic rings. The first kappa shape index (κ1) is 13.9. The largest absolute Gasteiger partial charge is 0.338 e. The molecule has 2 fully saturated rings. The first-order valence-corrected chi connectivity index (χ1v) is 7.67. The molecule has 3 nitrogen and oxygen atoms in total. The Morgan fingerprint density at radius 1 is 1.06 bits per heavy atom. The van der Waals surface area contributed by atoms with Crippen LogP contribution in [0.3, 0.4) is 0 Å². The highest BCUT2D eigenvalue weighted by Gasteiger charge is 2.35. The van der Waals surface area contributed by atoms with Crippen molar-refractivity contribution in [2.45, 2.75) is 76.8 Å². The summed E-state index contributed by atoms with van der Waals surface area (Å²) in [5.74, 6) is 0.314. The van der Waals surface area contributed by atoms with E-state index < -0.39 is 0 Å². The summed E-state index contributed by atoms with van der Waals surface area (Å²) in [5, 5.41) is 3.40. The van der Waals surface area contributed by atoms with Gasteiger partial charge in [-0.1, -0.05) is 25.7 Å². The van der Waals surface area contributed by atoms with Crippen LogP contribution in [0.25, 0.3) is 0 Å². The summed E-state index contributed by atoms with van der Waals surface area (Å²) < 4.78 is 0. The van der Waals surface area contributed by atoms with Crippen LogP contribution in [0.5, 0.6) is 0 Å². The molecule has 1 aliphatic heterocycles. The summed E-state index contributed by atoms with van der Waals surface area (Å²) in [7, 11) is 0. The minimum Gasteiger partial charge on any atom is -0.338 e. The van der Waals surface area contributed by atoms with Gasteiger partial charge < -0.3 is 10.2 Å². The molecule has 18 heavy (non-hydrogen) atoms. The van der Waals surface area contributed by atoms with E-state index in [0.29, 0.717) is 11.9 Å². The second-order valence-electron chi connectivity index (χ2n) is 6.40. The Morgan fingerprint density at radius 3 is 2.39 bits per heavy atom. The van der Waals surface area contributed by atoms with Crippen LogP contribution in [0, 0.1) is 0 Å². The van der Waals surface area contributed by atoms with Crippen molar-refractivity contribution in [3.8, 4) is 0 Å². The van der Waals surface area contributed by atoms with E-state index in [1.54, 1.807) is 0 Å². The SMILES string of the molecule is CC1(C)NCCCCN(C2CCCCCC2)C1=O. The number of rotatable bonds is 1. The highest BCUT2D eigenvalue weighted by molar-refractivity contribution is 5.85. The molecule has 0 spiro atoms. The highest BCUT2D eigenvalue weighted by Crippen LogP contribution is 2.25. The number of hydrogen-bond acceptors (Lipinski definition) is 2. The predicted octanol–water partition coefficient (Wildman–Crippen LogP) is 2.70. The van der Waals surface area contributed by atoms with Gasteiger partial charge in [0, 0.05) is 12.6 Å². The predicted molar refractivity (Wildman–Crippen MR) is 74.5 cm³/mol. The molecule has 1 saturated carbocycles. The van der Waals surface area contributed by atoms with Gasteiger partial charge in [-0.15, -0.1) is 0 Å². The lowest BCUT2D eigenvalue weighted by molar-refractivity contribution is -0.140. The van der Waals surface area contributed by atoms with Gasteiger partial charge in [0.1, 0.15) is 0 Å². The Labute approximate surface area is 111 Å². The van der Waals surface area contributed by atoms with Crippen LogP contribution in [0.2, 0.25) is 0 Å². The second kappa shape index (κ2) is 6.05. The lowest BCUT2D eigenvalue weighted by atomic mass is 9.97. The van der Waals surface area contributed by atoms with Gasteiger partial charge in [-0.05, 0) is 46.1 Å². The van der Waals surface area contributed by atoms with Crippen LogP contribution in [0.15, 0.2) is 0 Å². The van der Waals surface area contributed by atoms with Crippen molar-refractivity contribution >= 4 is 5.91 Å². The molecule has 1 saturated heterocycles. The van der Waals surface area contributed by atoms with E-state index in [4.69, 9.17) is 0 Å². The van der Waals surface area contributed by atoms with Crippen molar-refractivity contribution in [3.05, 3.63) is 0 Å². The molecule has 0 aromatic heterocycles. The molecule has 2 rings (SSSR count). The van der Waals surface area contributed by atoms with Crippen LogP contribution in [-0.2, 0) is 4.79 Å². The lowest BCUT2D eigenvalue weighted by Gasteiger charge is -2.39. The topological polar surface area (TPSA) is 32.3 Å². The first-order chi connectivity index (χ1) is 8.61. The van der Waals surface area contributed by atoms with E-state index in [1.165, 1.54) is 44.9 Å². The van der Waals surface area contributed by atoms with Crippen LogP contribution in [-0.4, -0.2) is 35.5 Å². The molecule has 0 aromatic carbocycles. The van der Waals surface area contributed by atoms with Crippen LogP contribution >= 0.6 is 0 Å². The van der Waals surface area contributed by atoms with E-state index in [-0.39, 0.29) is 5.54 Å². The van der Waals surface area contributed by atoms with Crippen molar-refractivity contribution < 1.29 is 4.79 Å². The minimum absolute atomic E-state index is 0.314. The fourth-order valence-electron chi connectivity index (χ4n) is 3.26. The number of amides is 1. The van der Waals surface area contributed by atoms with Crippen molar-refractivity contribution in [3.63, 3.8) is 0 Å². The summed E-state index contributed by atoms with van der Waals surface area (Å²) in [6.45, 7) is 6.00. The quantitative estimate of drug-likeness (QED) is 0.728. The number of hydrogen-bond donors (Lipinski definition) is 1. The molecular formula is C15H28N2O. The summed E-state index contributed by atoms with van der Waals surface area (Å²) in [6, 6.07) is 0.499. The standard InChI is InChI=1S/C15H28N2O/c1-15(2)14(18)17(12-8-7-11-16-15)13-9-5-3-4-6-10-13/h13,16H,3-12H2,1-2H3. The lowest BCUT2D eigenvalue weighted by Crippen LogP contribution is -2.58. The minimum atomic E-state index is -0.382. The van der Waals surface area contributed by atoms with Crippen LogP contribution < -0.4 is 5.32 Å². The molecule has 0 unspecified atom stereocenters. The van der Waals surface area contributed by atoms with E-state index in [9.17, 15) is 4.79 Å². The van der Waals surface area contributed by atoms with Gasteiger partial charge in [0.05, 0.1) is 5.54 Å². The third kappa shape index (κ3) is 3.25. The van der Waals surface area contributed by atoms with Gasteiger partial charge in [-0.25, -0.2) is 0 Å². The number of nitrogens with zero attached hydrogens (tertiary/aromatic N) is 1. The van der Waals surface area contributed by atoms with Crippen molar-refractivity contribution in [1.82, 2.24) is 10.2 Å². The molecule has 1 heterocycles. The maximum atomic E-state index is 12.7. The number of carbonyl (C=O) groups is 1. The Morgan fingerprint density at radius 2 is 1.72 bits per heavy atom. The van der Waals surface area contributed by atoms with Crippen molar-refractivity contribution in [2.24, 2.45) is 0 Å². The molecule has 0 aromatic rings. The zero-order valence-corrected chi connectivity index (χ0v) is 12.0. The summed E-state index contributed by atoms with van der Waals surface area (Å²) in [6.07, 6.45) is 10.0. The normalized spacial score (nSPS) is 27.4. The molecule has 1 N–H and O–H groups in total. The monoisotopic (exact) mass is 252 g/mol. The van der Waals surface area contributed by atoms with Crippen LogP contribution in [0.1, 0.15) is 65.2 Å². The zero-order chi connectivity index (χ0) is 13.0. The Balaban J connectivity index is 2.08. The average Bonchev–Trinajstić information content (AvgIpc) is 2.60. The van der Waals surface area contributed by atoms with Crippen LogP contribution in [0.4, 0.5) is 0 Å². The maximum Gasteiger partial charge on any atom is 0.242 e. The van der Waals surface area contributed by atoms with Gasteiger partial charge in [0.2, 0.25) is 5.91 Å². The van der Waals surface area contributed by atoms with E-state index in [2.05, 4.69) is 10.2 Å². The molecular weight excluding hydrogens is 224 g/mol. The molecule has 0 radical (unpaired) electrons. The maximum absolute atomic E-state index is 12.7. The smallest absolute Gasteiger partial charge is 0.242 e. The Hall–Kier alpha value is -0.570. The third-order valence-electron chi connectivity index (χ3n) is 4.45. The average molecular weight is 252 g/mol. The zero-order valence-electron chi connectivity index (χ0n) is 12.0. The molecule has 0 atom stereocenters. The fourth-order valence-corrected chi connectivity index (χ4v) is 3.26. The van der Waals surface area contributed by atoms with Gasteiger partial charge in [0.25, 0.3) is 0 Å². The Kier molecular flexibility index (Phi) is 4.66. The van der Waals surface area contributed by atoms with E-state index in [0.717, 1.165) is 19.5 Å². The Bertz CT molecular complexity index is 280. The van der Waals surface area contributed by atoms with Crippen molar-refractivity contribution in [2.75, 3.05) is 13.1 Å². The number of carbonyl (C=O) groups excluding carboxylic acids is 1. The van der Waals surface area contributed by atoms with Gasteiger partial charge >= 0.3 is 0 Å². The van der Waals surface area contributed by atoms with Gasteiger partial charge in [-0.2, -0.15) is 0 Å². The third-order valence-corrected chi connectivity index (χ3v) is 4.45. The number of nitrogens with one attached hydrogen (secondary N) is 1. The summed E-state index contributed by atoms with van der Waals surface area (Å²) in [4.78, 5) is 14.9. The fraction of sp³-hybridized carbons (Fsp3) is 0.933. The molecule has 0 bridgehead atoms. The first-order valence-electron chi connectivity index (χ1n) is 7.67. The summed E-state index contributed by atoms with van der Waals surface area (Å²) >= 11 is 0. The molecule has 1 aliphatic carbocycles. The molecule has 104 valence electrons. The van der Waals surface area contributed by atoms with Crippen molar-refractivity contribution in [1.29, 1.82) is 0 Å².